The third-order valence-corrected chi connectivity index (χ3v) is 4.43. The molecule has 1 heterocycles. The van der Waals surface area contributed by atoms with Crippen LogP contribution in [0, 0.1) is 5.92 Å². The predicted molar refractivity (Wildman–Crippen MR) is 89.0 cm³/mol. The number of hydrogen-bond acceptors (Lipinski definition) is 4. The van der Waals surface area contributed by atoms with Gasteiger partial charge in [-0.3, -0.25) is 9.69 Å². The zero-order chi connectivity index (χ0) is 16.8. The van der Waals surface area contributed by atoms with Crippen molar-refractivity contribution in [3.8, 4) is 11.5 Å². The minimum absolute atomic E-state index is 0.0448. The van der Waals surface area contributed by atoms with Gasteiger partial charge in [-0.2, -0.15) is 0 Å². The number of benzene rings is 1. The number of carbonyl (C=O) groups is 1. The molecule has 0 amide bonds. The van der Waals surface area contributed by atoms with E-state index in [0.717, 1.165) is 43.0 Å². The van der Waals surface area contributed by atoms with Crippen molar-refractivity contribution in [2.75, 3.05) is 19.8 Å². The third-order valence-electron chi connectivity index (χ3n) is 4.43. The smallest absolute Gasteiger partial charge is 0.308 e. The van der Waals surface area contributed by atoms with Crippen molar-refractivity contribution < 1.29 is 19.4 Å². The summed E-state index contributed by atoms with van der Waals surface area (Å²) in [5.74, 6) is 0.543. The highest BCUT2D eigenvalue weighted by Gasteiger charge is 2.32. The molecule has 1 saturated heterocycles. The van der Waals surface area contributed by atoms with E-state index in [1.54, 1.807) is 0 Å². The molecule has 0 aliphatic carbocycles. The molecular formula is C18H27NO4. The summed E-state index contributed by atoms with van der Waals surface area (Å²) in [5, 5.41) is 9.34. The van der Waals surface area contributed by atoms with Gasteiger partial charge >= 0.3 is 5.97 Å². The first kappa shape index (κ1) is 17.6. The van der Waals surface area contributed by atoms with E-state index in [4.69, 9.17) is 9.47 Å². The highest BCUT2D eigenvalue weighted by molar-refractivity contribution is 5.71. The molecule has 1 N–H and O–H groups in total. The molecule has 128 valence electrons. The largest absolute Gasteiger partial charge is 0.490 e. The topological polar surface area (TPSA) is 59.0 Å². The molecule has 5 nitrogen and oxygen atoms in total. The Morgan fingerprint density at radius 3 is 2.61 bits per heavy atom. The van der Waals surface area contributed by atoms with Crippen LogP contribution in [0.3, 0.4) is 0 Å². The van der Waals surface area contributed by atoms with Gasteiger partial charge in [0.05, 0.1) is 19.1 Å². The Kier molecular flexibility index (Phi) is 6.28. The van der Waals surface area contributed by atoms with Gasteiger partial charge in [0.15, 0.2) is 11.5 Å². The van der Waals surface area contributed by atoms with Crippen LogP contribution in [0.5, 0.6) is 11.5 Å². The molecule has 0 unspecified atom stereocenters. The fourth-order valence-corrected chi connectivity index (χ4v) is 3.19. The van der Waals surface area contributed by atoms with E-state index < -0.39 is 5.97 Å². The minimum atomic E-state index is -0.691. The van der Waals surface area contributed by atoms with Gasteiger partial charge in [-0.1, -0.05) is 6.07 Å². The Morgan fingerprint density at radius 2 is 1.96 bits per heavy atom. The maximum Gasteiger partial charge on any atom is 0.308 e. The second-order valence-electron chi connectivity index (χ2n) is 5.95. The summed E-state index contributed by atoms with van der Waals surface area (Å²) in [6.07, 6.45) is 1.69. The summed E-state index contributed by atoms with van der Waals surface area (Å²) in [4.78, 5) is 13.6. The van der Waals surface area contributed by atoms with Crippen LogP contribution >= 0.6 is 0 Å². The van der Waals surface area contributed by atoms with Gasteiger partial charge in [-0.25, -0.2) is 0 Å². The van der Waals surface area contributed by atoms with Crippen LogP contribution in [0.1, 0.15) is 39.2 Å². The number of hydrogen-bond donors (Lipinski definition) is 1. The number of aliphatic carboxylic acids is 1. The Bertz CT molecular complexity index is 532. The zero-order valence-electron chi connectivity index (χ0n) is 14.2. The lowest BCUT2D eigenvalue weighted by molar-refractivity contribution is -0.145. The molecule has 5 heteroatoms. The second-order valence-corrected chi connectivity index (χ2v) is 5.95. The number of carboxylic acids is 1. The predicted octanol–water partition coefficient (Wildman–Crippen LogP) is 3.17. The number of likely N-dealkylation sites (tertiary alicyclic amines) is 1. The minimum Gasteiger partial charge on any atom is -0.490 e. The number of rotatable bonds is 7. The molecule has 2 rings (SSSR count). The van der Waals surface area contributed by atoms with E-state index in [1.165, 1.54) is 0 Å². The van der Waals surface area contributed by atoms with Crippen LogP contribution in [0.25, 0.3) is 0 Å². The lowest BCUT2D eigenvalue weighted by Gasteiger charge is -2.37. The molecule has 0 radical (unpaired) electrons. The highest BCUT2D eigenvalue weighted by atomic mass is 16.5. The summed E-state index contributed by atoms with van der Waals surface area (Å²) in [5.41, 5.74) is 1.12. The van der Waals surface area contributed by atoms with Gasteiger partial charge in [0.1, 0.15) is 0 Å². The molecule has 0 bridgehead atoms. The SMILES string of the molecule is CCOc1ccc(CN2CCC[C@H](C(=O)O)[C@@H]2C)cc1OCC. The molecule has 1 aromatic carbocycles. The molecule has 2 atom stereocenters. The van der Waals surface area contributed by atoms with E-state index in [9.17, 15) is 9.90 Å². The first-order valence-corrected chi connectivity index (χ1v) is 8.42. The average Bonchev–Trinajstić information content (AvgIpc) is 2.52. The quantitative estimate of drug-likeness (QED) is 0.836. The van der Waals surface area contributed by atoms with Gasteiger partial charge < -0.3 is 14.6 Å². The Labute approximate surface area is 138 Å². The Hall–Kier alpha value is -1.75. The number of ether oxygens (including phenoxy) is 2. The third kappa shape index (κ3) is 4.38. The van der Waals surface area contributed by atoms with Gasteiger partial charge in [0.2, 0.25) is 0 Å². The average molecular weight is 321 g/mol. The van der Waals surface area contributed by atoms with Crippen molar-refractivity contribution in [3.63, 3.8) is 0 Å². The summed E-state index contributed by atoms with van der Waals surface area (Å²) >= 11 is 0. The van der Waals surface area contributed by atoms with Crippen LogP contribution in [-0.4, -0.2) is 41.8 Å². The van der Waals surface area contributed by atoms with Crippen molar-refractivity contribution in [1.82, 2.24) is 4.90 Å². The highest BCUT2D eigenvalue weighted by Crippen LogP contribution is 2.31. The fraction of sp³-hybridized carbons (Fsp3) is 0.611. The van der Waals surface area contributed by atoms with Crippen molar-refractivity contribution in [2.45, 2.75) is 46.2 Å². The molecule has 0 aromatic heterocycles. The molecule has 1 fully saturated rings. The van der Waals surface area contributed by atoms with E-state index in [-0.39, 0.29) is 12.0 Å². The monoisotopic (exact) mass is 321 g/mol. The van der Waals surface area contributed by atoms with Crippen LogP contribution in [0.2, 0.25) is 0 Å². The first-order chi connectivity index (χ1) is 11.1. The molecule has 1 aliphatic heterocycles. The van der Waals surface area contributed by atoms with E-state index >= 15 is 0 Å². The van der Waals surface area contributed by atoms with Gasteiger partial charge in [0, 0.05) is 12.6 Å². The Balaban J connectivity index is 2.12. The van der Waals surface area contributed by atoms with Gasteiger partial charge in [-0.05, 0) is 57.9 Å². The van der Waals surface area contributed by atoms with E-state index in [2.05, 4.69) is 4.90 Å². The summed E-state index contributed by atoms with van der Waals surface area (Å²) in [6, 6.07) is 6.02. The number of piperidine rings is 1. The van der Waals surface area contributed by atoms with Crippen molar-refractivity contribution in [2.24, 2.45) is 5.92 Å². The number of nitrogens with zero attached hydrogens (tertiary/aromatic N) is 1. The fourth-order valence-electron chi connectivity index (χ4n) is 3.19. The van der Waals surface area contributed by atoms with Crippen molar-refractivity contribution >= 4 is 5.97 Å². The van der Waals surface area contributed by atoms with Gasteiger partial charge in [0.25, 0.3) is 0 Å². The number of carboxylic acid groups (broad SMARTS) is 1. The normalized spacial score (nSPS) is 21.9. The summed E-state index contributed by atoms with van der Waals surface area (Å²) in [7, 11) is 0. The van der Waals surface area contributed by atoms with Gasteiger partial charge in [-0.15, -0.1) is 0 Å². The lowest BCUT2D eigenvalue weighted by Crippen LogP contribution is -2.45. The summed E-state index contributed by atoms with van der Waals surface area (Å²) in [6.45, 7) is 8.76. The maximum atomic E-state index is 11.4. The molecule has 0 spiro atoms. The molecule has 1 aromatic rings. The zero-order valence-corrected chi connectivity index (χ0v) is 14.2. The van der Waals surface area contributed by atoms with Crippen LogP contribution in [0.15, 0.2) is 18.2 Å². The first-order valence-electron chi connectivity index (χ1n) is 8.42. The molecular weight excluding hydrogens is 294 g/mol. The van der Waals surface area contributed by atoms with E-state index in [0.29, 0.717) is 13.2 Å². The molecule has 23 heavy (non-hydrogen) atoms. The lowest BCUT2D eigenvalue weighted by atomic mass is 9.90. The summed E-state index contributed by atoms with van der Waals surface area (Å²) < 4.78 is 11.3. The molecule has 0 saturated carbocycles. The Morgan fingerprint density at radius 1 is 1.26 bits per heavy atom. The standard InChI is InChI=1S/C18H27NO4/c1-4-22-16-9-8-14(11-17(16)23-5-2)12-19-10-6-7-15(13(19)3)18(20)21/h8-9,11,13,15H,4-7,10,12H2,1-3H3,(H,20,21)/t13-,15-/m0/s1. The van der Waals surface area contributed by atoms with E-state index in [1.807, 2.05) is 39.0 Å². The van der Waals surface area contributed by atoms with Crippen molar-refractivity contribution in [1.29, 1.82) is 0 Å². The van der Waals surface area contributed by atoms with Crippen molar-refractivity contribution in [3.05, 3.63) is 23.8 Å². The maximum absolute atomic E-state index is 11.4. The second kappa shape index (κ2) is 8.20. The molecule has 1 aliphatic rings. The van der Waals surface area contributed by atoms with Crippen LogP contribution in [-0.2, 0) is 11.3 Å². The van der Waals surface area contributed by atoms with Crippen LogP contribution in [0.4, 0.5) is 0 Å². The van der Waals surface area contributed by atoms with Crippen LogP contribution < -0.4 is 9.47 Å².